The van der Waals surface area contributed by atoms with Crippen LogP contribution in [0.15, 0.2) is 22.7 Å². The summed E-state index contributed by atoms with van der Waals surface area (Å²) >= 11 is 9.25. The third-order valence-electron chi connectivity index (χ3n) is 2.21. The number of sulfone groups is 1. The predicted molar refractivity (Wildman–Crippen MR) is 75.2 cm³/mol. The minimum absolute atomic E-state index is 0.0763. The molecule has 96 valence electrons. The Morgan fingerprint density at radius 3 is 2.65 bits per heavy atom. The quantitative estimate of drug-likeness (QED) is 0.896. The van der Waals surface area contributed by atoms with Gasteiger partial charge in [-0.3, -0.25) is 0 Å². The van der Waals surface area contributed by atoms with Crippen LogP contribution in [-0.4, -0.2) is 26.5 Å². The summed E-state index contributed by atoms with van der Waals surface area (Å²) in [6.07, 6.45) is 1.24. The van der Waals surface area contributed by atoms with Crippen LogP contribution >= 0.6 is 27.5 Å². The zero-order valence-corrected chi connectivity index (χ0v) is 12.9. The normalized spacial score (nSPS) is 13.6. The zero-order valence-electron chi connectivity index (χ0n) is 9.70. The molecule has 3 nitrogen and oxygen atoms in total. The van der Waals surface area contributed by atoms with Crippen LogP contribution in [0.1, 0.15) is 12.5 Å². The minimum atomic E-state index is -2.94. The van der Waals surface area contributed by atoms with Crippen LogP contribution < -0.4 is 5.32 Å². The van der Waals surface area contributed by atoms with Gasteiger partial charge in [0.15, 0.2) is 0 Å². The number of benzene rings is 1. The van der Waals surface area contributed by atoms with Crippen molar-refractivity contribution in [3.8, 4) is 0 Å². The van der Waals surface area contributed by atoms with Crippen LogP contribution in [-0.2, 0) is 16.4 Å². The van der Waals surface area contributed by atoms with Crippen molar-refractivity contribution in [2.75, 3.05) is 12.0 Å². The lowest BCUT2D eigenvalue weighted by Gasteiger charge is -2.13. The van der Waals surface area contributed by atoms with E-state index in [0.29, 0.717) is 11.6 Å². The maximum absolute atomic E-state index is 11.1. The summed E-state index contributed by atoms with van der Waals surface area (Å²) in [4.78, 5) is 0. The summed E-state index contributed by atoms with van der Waals surface area (Å²) in [5.74, 6) is 0.137. The molecule has 0 amide bonds. The second-order valence-electron chi connectivity index (χ2n) is 4.11. The van der Waals surface area contributed by atoms with E-state index in [-0.39, 0.29) is 11.8 Å². The molecule has 0 heterocycles. The first-order valence-corrected chi connectivity index (χ1v) is 8.36. The van der Waals surface area contributed by atoms with Crippen molar-refractivity contribution >= 4 is 37.4 Å². The first-order chi connectivity index (χ1) is 7.78. The maximum atomic E-state index is 11.1. The molecular formula is C11H15BrClNO2S. The molecule has 0 aliphatic rings. The van der Waals surface area contributed by atoms with E-state index in [0.717, 1.165) is 10.0 Å². The van der Waals surface area contributed by atoms with Gasteiger partial charge in [0.25, 0.3) is 0 Å². The lowest BCUT2D eigenvalue weighted by Crippen LogP contribution is -2.32. The second kappa shape index (κ2) is 6.18. The fourth-order valence-corrected chi connectivity index (χ4v) is 3.31. The standard InChI is InChI=1S/C11H15BrClNO2S/c1-8(7-17(2,15)16)14-6-9-3-4-10(13)5-11(9)12/h3-5,8,14H,6-7H2,1-2H3. The van der Waals surface area contributed by atoms with Gasteiger partial charge in [0.05, 0.1) is 5.75 Å². The summed E-state index contributed by atoms with van der Waals surface area (Å²) in [5.41, 5.74) is 1.05. The molecule has 0 aliphatic carbocycles. The molecule has 1 aromatic rings. The van der Waals surface area contributed by atoms with E-state index in [4.69, 9.17) is 11.6 Å². The highest BCUT2D eigenvalue weighted by molar-refractivity contribution is 9.10. The number of hydrogen-bond donors (Lipinski definition) is 1. The molecule has 1 aromatic carbocycles. The molecule has 0 aromatic heterocycles. The van der Waals surface area contributed by atoms with Gasteiger partial charge in [-0.25, -0.2) is 8.42 Å². The third kappa shape index (κ3) is 5.86. The molecule has 0 saturated carbocycles. The van der Waals surface area contributed by atoms with Crippen LogP contribution in [0.5, 0.6) is 0 Å². The molecule has 0 saturated heterocycles. The topological polar surface area (TPSA) is 46.2 Å². The highest BCUT2D eigenvalue weighted by Crippen LogP contribution is 2.21. The Bertz CT molecular complexity index is 490. The monoisotopic (exact) mass is 339 g/mol. The molecule has 1 atom stereocenters. The van der Waals surface area contributed by atoms with Crippen LogP contribution in [0, 0.1) is 0 Å². The summed E-state index contributed by atoms with van der Waals surface area (Å²) < 4.78 is 23.1. The van der Waals surface area contributed by atoms with Gasteiger partial charge in [-0.1, -0.05) is 33.6 Å². The molecule has 0 radical (unpaired) electrons. The second-order valence-corrected chi connectivity index (χ2v) is 7.59. The highest BCUT2D eigenvalue weighted by atomic mass is 79.9. The van der Waals surface area contributed by atoms with E-state index in [1.807, 2.05) is 25.1 Å². The van der Waals surface area contributed by atoms with E-state index >= 15 is 0 Å². The fraction of sp³-hybridized carbons (Fsp3) is 0.455. The molecule has 0 fully saturated rings. The van der Waals surface area contributed by atoms with E-state index in [2.05, 4.69) is 21.2 Å². The zero-order chi connectivity index (χ0) is 13.1. The Hall–Kier alpha value is -0.100. The number of halogens is 2. The Kier molecular flexibility index (Phi) is 5.44. The Morgan fingerprint density at radius 1 is 1.47 bits per heavy atom. The highest BCUT2D eigenvalue weighted by Gasteiger charge is 2.10. The summed E-state index contributed by atoms with van der Waals surface area (Å²) in [5, 5.41) is 3.83. The Balaban J connectivity index is 2.56. The molecule has 0 bridgehead atoms. The fourth-order valence-electron chi connectivity index (χ4n) is 1.46. The van der Waals surface area contributed by atoms with Gasteiger partial charge in [-0.2, -0.15) is 0 Å². The average molecular weight is 341 g/mol. The van der Waals surface area contributed by atoms with Gasteiger partial charge in [0, 0.05) is 28.3 Å². The summed E-state index contributed by atoms with van der Waals surface area (Å²) in [7, 11) is -2.94. The molecule has 1 rings (SSSR count). The van der Waals surface area contributed by atoms with Crippen molar-refractivity contribution in [1.82, 2.24) is 5.32 Å². The Morgan fingerprint density at radius 2 is 2.12 bits per heavy atom. The van der Waals surface area contributed by atoms with Crippen LogP contribution in [0.25, 0.3) is 0 Å². The van der Waals surface area contributed by atoms with Gasteiger partial charge in [-0.15, -0.1) is 0 Å². The first kappa shape index (κ1) is 15.0. The van der Waals surface area contributed by atoms with Crippen LogP contribution in [0.4, 0.5) is 0 Å². The molecule has 1 unspecified atom stereocenters. The molecular weight excluding hydrogens is 326 g/mol. The Labute approximate surface area is 116 Å². The molecule has 0 spiro atoms. The average Bonchev–Trinajstić information content (AvgIpc) is 2.13. The smallest absolute Gasteiger partial charge is 0.148 e. The third-order valence-corrected chi connectivity index (χ3v) is 4.29. The van der Waals surface area contributed by atoms with Crippen molar-refractivity contribution in [3.05, 3.63) is 33.3 Å². The molecule has 17 heavy (non-hydrogen) atoms. The van der Waals surface area contributed by atoms with Crippen LogP contribution in [0.2, 0.25) is 5.02 Å². The van der Waals surface area contributed by atoms with Crippen molar-refractivity contribution in [1.29, 1.82) is 0 Å². The summed E-state index contributed by atoms with van der Waals surface area (Å²) in [6.45, 7) is 2.46. The SMILES string of the molecule is CC(CS(C)(=O)=O)NCc1ccc(Cl)cc1Br. The minimum Gasteiger partial charge on any atom is -0.309 e. The van der Waals surface area contributed by atoms with E-state index in [1.165, 1.54) is 6.26 Å². The van der Waals surface area contributed by atoms with E-state index in [1.54, 1.807) is 0 Å². The van der Waals surface area contributed by atoms with Crippen LogP contribution in [0.3, 0.4) is 0 Å². The van der Waals surface area contributed by atoms with Crippen molar-refractivity contribution in [2.45, 2.75) is 19.5 Å². The number of hydrogen-bond acceptors (Lipinski definition) is 3. The largest absolute Gasteiger partial charge is 0.309 e. The van der Waals surface area contributed by atoms with E-state index in [9.17, 15) is 8.42 Å². The van der Waals surface area contributed by atoms with Gasteiger partial charge < -0.3 is 5.32 Å². The van der Waals surface area contributed by atoms with Gasteiger partial charge in [-0.05, 0) is 24.6 Å². The lowest BCUT2D eigenvalue weighted by atomic mass is 10.2. The lowest BCUT2D eigenvalue weighted by molar-refractivity contribution is 0.559. The predicted octanol–water partition coefficient (Wildman–Crippen LogP) is 2.63. The molecule has 1 N–H and O–H groups in total. The van der Waals surface area contributed by atoms with E-state index < -0.39 is 9.84 Å². The summed E-state index contributed by atoms with van der Waals surface area (Å²) in [6, 6.07) is 5.46. The van der Waals surface area contributed by atoms with Gasteiger partial charge >= 0.3 is 0 Å². The van der Waals surface area contributed by atoms with Gasteiger partial charge in [0.1, 0.15) is 9.84 Å². The molecule has 6 heteroatoms. The number of nitrogens with one attached hydrogen (secondary N) is 1. The molecule has 0 aliphatic heterocycles. The van der Waals surface area contributed by atoms with Crippen molar-refractivity contribution < 1.29 is 8.42 Å². The van der Waals surface area contributed by atoms with Crippen molar-refractivity contribution in [2.24, 2.45) is 0 Å². The number of rotatable bonds is 5. The first-order valence-electron chi connectivity index (χ1n) is 5.13. The maximum Gasteiger partial charge on any atom is 0.148 e. The van der Waals surface area contributed by atoms with Gasteiger partial charge in [0.2, 0.25) is 0 Å². The van der Waals surface area contributed by atoms with Crippen molar-refractivity contribution in [3.63, 3.8) is 0 Å².